The predicted molar refractivity (Wildman–Crippen MR) is 107 cm³/mol. The van der Waals surface area contributed by atoms with Gasteiger partial charge in [-0.15, -0.1) is 0 Å². The van der Waals surface area contributed by atoms with Crippen LogP contribution in [0.4, 0.5) is 5.82 Å². The van der Waals surface area contributed by atoms with E-state index in [4.69, 9.17) is 9.97 Å². The summed E-state index contributed by atoms with van der Waals surface area (Å²) in [7, 11) is 0. The number of aliphatic hydroxyl groups excluding tert-OH is 1. The molecule has 2 aliphatic heterocycles. The Kier molecular flexibility index (Phi) is 4.31. The van der Waals surface area contributed by atoms with Gasteiger partial charge in [-0.05, 0) is 38.5 Å². The van der Waals surface area contributed by atoms with E-state index < -0.39 is 11.5 Å². The molecule has 28 heavy (non-hydrogen) atoms. The van der Waals surface area contributed by atoms with Gasteiger partial charge in [-0.1, -0.05) is 30.3 Å². The maximum atomic E-state index is 12.5. The second kappa shape index (κ2) is 6.85. The first kappa shape index (κ1) is 17.6. The fourth-order valence-electron chi connectivity index (χ4n) is 4.98. The van der Waals surface area contributed by atoms with Crippen molar-refractivity contribution in [1.82, 2.24) is 15.3 Å². The molecule has 5 rings (SSSR count). The summed E-state index contributed by atoms with van der Waals surface area (Å²) in [6, 6.07) is 10.1. The number of nitrogens with one attached hydrogen (secondary N) is 1. The number of anilines is 1. The van der Waals surface area contributed by atoms with E-state index in [2.05, 4.69) is 22.3 Å². The third-order valence-corrected chi connectivity index (χ3v) is 6.57. The van der Waals surface area contributed by atoms with Crippen molar-refractivity contribution in [3.05, 3.63) is 41.6 Å². The van der Waals surface area contributed by atoms with Crippen molar-refractivity contribution in [3.63, 3.8) is 0 Å². The molecule has 3 heterocycles. The molecule has 2 N–H and O–H groups in total. The number of β-amino-alcohol motifs (C(OH)–C–C–N with tert-alkyl or cyclic N) is 1. The molecule has 1 atom stereocenters. The predicted octanol–water partition coefficient (Wildman–Crippen LogP) is 2.10. The number of aliphatic hydroxyl groups is 1. The molecule has 2 saturated heterocycles. The van der Waals surface area contributed by atoms with Gasteiger partial charge in [0, 0.05) is 36.5 Å². The quantitative estimate of drug-likeness (QED) is 0.837. The molecular formula is C22H26N4O2. The zero-order valence-corrected chi connectivity index (χ0v) is 16.0. The minimum atomic E-state index is -0.433. The van der Waals surface area contributed by atoms with E-state index in [1.807, 2.05) is 18.2 Å². The van der Waals surface area contributed by atoms with Gasteiger partial charge in [-0.3, -0.25) is 4.79 Å². The smallest absolute Gasteiger partial charge is 0.226 e. The normalized spacial score (nSPS) is 23.5. The number of amides is 1. The van der Waals surface area contributed by atoms with Gasteiger partial charge in [-0.25, -0.2) is 9.97 Å². The summed E-state index contributed by atoms with van der Waals surface area (Å²) in [6.45, 7) is 1.96. The number of benzene rings is 1. The summed E-state index contributed by atoms with van der Waals surface area (Å²) < 4.78 is 0. The van der Waals surface area contributed by atoms with E-state index in [-0.39, 0.29) is 5.91 Å². The van der Waals surface area contributed by atoms with Crippen molar-refractivity contribution in [2.24, 2.45) is 5.41 Å². The summed E-state index contributed by atoms with van der Waals surface area (Å²) in [5.74, 6) is 1.95. The SMILES string of the molecule is O=C1NCC(O)CC12CCN(c1nc(-c3ccccc3)nc3c1CCC3)CC2. The number of aromatic nitrogens is 2. The van der Waals surface area contributed by atoms with Gasteiger partial charge in [0.2, 0.25) is 5.91 Å². The Balaban J connectivity index is 1.44. The van der Waals surface area contributed by atoms with E-state index in [0.717, 1.165) is 62.4 Å². The number of fused-ring (bicyclic) bond motifs is 1. The molecule has 1 aromatic heterocycles. The maximum Gasteiger partial charge on any atom is 0.226 e. The average molecular weight is 378 g/mol. The van der Waals surface area contributed by atoms with Crippen LogP contribution in [0, 0.1) is 5.41 Å². The summed E-state index contributed by atoms with van der Waals surface area (Å²) in [5.41, 5.74) is 3.08. The lowest BCUT2D eigenvalue weighted by atomic mass is 9.71. The van der Waals surface area contributed by atoms with Gasteiger partial charge in [0.25, 0.3) is 0 Å². The lowest BCUT2D eigenvalue weighted by Crippen LogP contribution is -2.56. The van der Waals surface area contributed by atoms with E-state index in [9.17, 15) is 9.90 Å². The number of nitrogens with zero attached hydrogens (tertiary/aromatic N) is 3. The molecule has 2 fully saturated rings. The number of carbonyl (C=O) groups excluding carboxylic acids is 1. The highest BCUT2D eigenvalue weighted by Crippen LogP contribution is 2.41. The summed E-state index contributed by atoms with van der Waals surface area (Å²) >= 11 is 0. The van der Waals surface area contributed by atoms with E-state index in [1.54, 1.807) is 0 Å². The minimum Gasteiger partial charge on any atom is -0.391 e. The number of hydrogen-bond acceptors (Lipinski definition) is 5. The Morgan fingerprint density at radius 1 is 1.11 bits per heavy atom. The van der Waals surface area contributed by atoms with Crippen LogP contribution in [0.1, 0.15) is 36.9 Å². The molecule has 6 nitrogen and oxygen atoms in total. The van der Waals surface area contributed by atoms with Crippen LogP contribution in [-0.4, -0.2) is 46.7 Å². The monoisotopic (exact) mass is 378 g/mol. The molecule has 0 bridgehead atoms. The fraction of sp³-hybridized carbons (Fsp3) is 0.500. The Morgan fingerprint density at radius 3 is 2.68 bits per heavy atom. The molecule has 1 amide bonds. The van der Waals surface area contributed by atoms with Gasteiger partial charge in [-0.2, -0.15) is 0 Å². The Hall–Kier alpha value is -2.47. The van der Waals surface area contributed by atoms with Gasteiger partial charge in [0.1, 0.15) is 5.82 Å². The Morgan fingerprint density at radius 2 is 1.89 bits per heavy atom. The third-order valence-electron chi connectivity index (χ3n) is 6.57. The molecule has 1 unspecified atom stereocenters. The zero-order valence-electron chi connectivity index (χ0n) is 16.0. The number of rotatable bonds is 2. The molecule has 6 heteroatoms. The third kappa shape index (κ3) is 2.96. The fourth-order valence-corrected chi connectivity index (χ4v) is 4.98. The van der Waals surface area contributed by atoms with Crippen LogP contribution < -0.4 is 10.2 Å². The first-order chi connectivity index (χ1) is 13.6. The molecule has 1 aliphatic carbocycles. The van der Waals surface area contributed by atoms with E-state index in [1.165, 1.54) is 11.3 Å². The number of aryl methyl sites for hydroxylation is 1. The second-order valence-electron chi connectivity index (χ2n) is 8.35. The summed E-state index contributed by atoms with van der Waals surface area (Å²) in [4.78, 5) is 24.7. The van der Waals surface area contributed by atoms with Crippen molar-refractivity contribution in [2.45, 2.75) is 44.6 Å². The minimum absolute atomic E-state index is 0.107. The van der Waals surface area contributed by atoms with Crippen LogP contribution in [0.25, 0.3) is 11.4 Å². The number of piperidine rings is 2. The number of hydrogen-bond donors (Lipinski definition) is 2. The van der Waals surface area contributed by atoms with Crippen LogP contribution in [0.2, 0.25) is 0 Å². The highest BCUT2D eigenvalue weighted by molar-refractivity contribution is 5.84. The largest absolute Gasteiger partial charge is 0.391 e. The van der Waals surface area contributed by atoms with Crippen molar-refractivity contribution in [2.75, 3.05) is 24.5 Å². The Bertz CT molecular complexity index is 891. The standard InChI is InChI=1S/C22H26N4O2/c27-16-13-22(21(28)23-14-16)9-11-26(12-10-22)20-17-7-4-8-18(17)24-19(25-20)15-5-2-1-3-6-15/h1-3,5-6,16,27H,4,7-14H2,(H,23,28). The molecule has 2 aromatic rings. The Labute approximate surface area is 165 Å². The molecule has 146 valence electrons. The van der Waals surface area contributed by atoms with Crippen LogP contribution >= 0.6 is 0 Å². The van der Waals surface area contributed by atoms with Crippen molar-refractivity contribution in [3.8, 4) is 11.4 Å². The van der Waals surface area contributed by atoms with Gasteiger partial charge >= 0.3 is 0 Å². The van der Waals surface area contributed by atoms with Crippen LogP contribution in [0.3, 0.4) is 0 Å². The zero-order chi connectivity index (χ0) is 19.1. The van der Waals surface area contributed by atoms with Crippen LogP contribution in [0.15, 0.2) is 30.3 Å². The number of carbonyl (C=O) groups is 1. The first-order valence-corrected chi connectivity index (χ1v) is 10.3. The van der Waals surface area contributed by atoms with Crippen LogP contribution in [0.5, 0.6) is 0 Å². The summed E-state index contributed by atoms with van der Waals surface area (Å²) in [5, 5.41) is 13.0. The molecular weight excluding hydrogens is 352 g/mol. The molecule has 0 radical (unpaired) electrons. The van der Waals surface area contributed by atoms with E-state index >= 15 is 0 Å². The summed E-state index contributed by atoms with van der Waals surface area (Å²) in [6.07, 6.45) is 4.82. The molecule has 3 aliphatic rings. The average Bonchev–Trinajstić information content (AvgIpc) is 3.20. The van der Waals surface area contributed by atoms with E-state index in [0.29, 0.717) is 13.0 Å². The van der Waals surface area contributed by atoms with Crippen molar-refractivity contribution >= 4 is 11.7 Å². The lowest BCUT2D eigenvalue weighted by Gasteiger charge is -2.44. The molecule has 0 saturated carbocycles. The van der Waals surface area contributed by atoms with Crippen molar-refractivity contribution < 1.29 is 9.90 Å². The van der Waals surface area contributed by atoms with Gasteiger partial charge < -0.3 is 15.3 Å². The lowest BCUT2D eigenvalue weighted by molar-refractivity contribution is -0.138. The van der Waals surface area contributed by atoms with Gasteiger partial charge in [0.15, 0.2) is 5.82 Å². The van der Waals surface area contributed by atoms with Crippen molar-refractivity contribution in [1.29, 1.82) is 0 Å². The molecule has 1 aromatic carbocycles. The van der Waals surface area contributed by atoms with Gasteiger partial charge in [0.05, 0.1) is 11.5 Å². The first-order valence-electron chi connectivity index (χ1n) is 10.3. The van der Waals surface area contributed by atoms with Crippen LogP contribution in [-0.2, 0) is 17.6 Å². The highest BCUT2D eigenvalue weighted by Gasteiger charge is 2.45. The molecule has 1 spiro atoms. The maximum absolute atomic E-state index is 12.5. The second-order valence-corrected chi connectivity index (χ2v) is 8.35. The topological polar surface area (TPSA) is 78.4 Å². The highest BCUT2D eigenvalue weighted by atomic mass is 16.3.